The molecule has 0 radical (unpaired) electrons. The predicted octanol–water partition coefficient (Wildman–Crippen LogP) is 2.10. The lowest BCUT2D eigenvalue weighted by molar-refractivity contribution is 0.421. The molecule has 1 aromatic heterocycles. The van der Waals surface area contributed by atoms with Gasteiger partial charge in [-0.3, -0.25) is 0 Å². The number of nitrogens with one attached hydrogen (secondary N) is 1. The first-order valence-electron chi connectivity index (χ1n) is 6.33. The van der Waals surface area contributed by atoms with E-state index >= 15 is 0 Å². The molecule has 4 heteroatoms. The molecule has 4 nitrogen and oxygen atoms in total. The van der Waals surface area contributed by atoms with Crippen LogP contribution in [0.5, 0.6) is 0 Å². The molecule has 0 spiro atoms. The van der Waals surface area contributed by atoms with Crippen LogP contribution in [0.4, 0.5) is 5.82 Å². The molecule has 0 fully saturated rings. The van der Waals surface area contributed by atoms with E-state index in [1.54, 1.807) is 0 Å². The minimum atomic E-state index is 0.374. The van der Waals surface area contributed by atoms with E-state index in [0.29, 0.717) is 18.5 Å². The van der Waals surface area contributed by atoms with Gasteiger partial charge < -0.3 is 11.1 Å². The number of aromatic nitrogens is 2. The van der Waals surface area contributed by atoms with E-state index in [0.717, 1.165) is 31.6 Å². The third kappa shape index (κ3) is 1.94. The minimum Gasteiger partial charge on any atom is -0.370 e. The van der Waals surface area contributed by atoms with Gasteiger partial charge in [0.25, 0.3) is 0 Å². The molecule has 90 valence electrons. The van der Waals surface area contributed by atoms with Gasteiger partial charge in [-0.25, -0.2) is 4.68 Å². The molecule has 2 heterocycles. The predicted molar refractivity (Wildman–Crippen MR) is 66.7 cm³/mol. The number of nitrogens with zero attached hydrogens (tertiary/aromatic N) is 2. The summed E-state index contributed by atoms with van der Waals surface area (Å²) in [6, 6.07) is 2.57. The molecule has 16 heavy (non-hydrogen) atoms. The first-order chi connectivity index (χ1) is 7.80. The van der Waals surface area contributed by atoms with Crippen LogP contribution in [-0.4, -0.2) is 22.9 Å². The Labute approximate surface area is 97.2 Å². The monoisotopic (exact) mass is 222 g/mol. The first-order valence-corrected chi connectivity index (χ1v) is 6.33. The van der Waals surface area contributed by atoms with Crippen LogP contribution < -0.4 is 11.1 Å². The fourth-order valence-corrected chi connectivity index (χ4v) is 2.44. The highest BCUT2D eigenvalue weighted by Crippen LogP contribution is 2.29. The second kappa shape index (κ2) is 4.87. The molecule has 1 aromatic rings. The Morgan fingerprint density at radius 3 is 2.94 bits per heavy atom. The van der Waals surface area contributed by atoms with Gasteiger partial charge in [-0.1, -0.05) is 13.8 Å². The SMILES string of the molecule is CCC(CC)c1cc2n(n1)C(CN)CCN2. The number of anilines is 1. The molecule has 1 aliphatic rings. The molecule has 0 bridgehead atoms. The van der Waals surface area contributed by atoms with Crippen LogP contribution >= 0.6 is 0 Å². The van der Waals surface area contributed by atoms with Crippen molar-refractivity contribution in [3.05, 3.63) is 11.8 Å². The average molecular weight is 222 g/mol. The van der Waals surface area contributed by atoms with Gasteiger partial charge in [0.05, 0.1) is 11.7 Å². The second-order valence-corrected chi connectivity index (χ2v) is 4.52. The normalized spacial score (nSPS) is 19.6. The molecule has 2 rings (SSSR count). The van der Waals surface area contributed by atoms with Crippen LogP contribution in [0, 0.1) is 0 Å². The Kier molecular flexibility index (Phi) is 3.49. The van der Waals surface area contributed by atoms with Crippen molar-refractivity contribution < 1.29 is 0 Å². The van der Waals surface area contributed by atoms with Crippen molar-refractivity contribution >= 4 is 5.82 Å². The van der Waals surface area contributed by atoms with Gasteiger partial charge in [0.1, 0.15) is 5.82 Å². The quantitative estimate of drug-likeness (QED) is 0.820. The number of rotatable bonds is 4. The lowest BCUT2D eigenvalue weighted by atomic mass is 10.00. The van der Waals surface area contributed by atoms with Crippen molar-refractivity contribution in [2.24, 2.45) is 5.73 Å². The molecule has 3 N–H and O–H groups in total. The zero-order valence-electron chi connectivity index (χ0n) is 10.2. The summed E-state index contributed by atoms with van der Waals surface area (Å²) in [6.07, 6.45) is 3.38. The van der Waals surface area contributed by atoms with Crippen LogP contribution in [0.3, 0.4) is 0 Å². The summed E-state index contributed by atoms with van der Waals surface area (Å²) < 4.78 is 2.08. The molecule has 0 saturated heterocycles. The molecule has 0 aromatic carbocycles. The van der Waals surface area contributed by atoms with Gasteiger partial charge in [-0.15, -0.1) is 0 Å². The maximum atomic E-state index is 5.78. The maximum absolute atomic E-state index is 5.78. The van der Waals surface area contributed by atoms with Crippen LogP contribution in [-0.2, 0) is 0 Å². The Balaban J connectivity index is 2.27. The van der Waals surface area contributed by atoms with E-state index in [2.05, 4.69) is 29.9 Å². The number of hydrogen-bond donors (Lipinski definition) is 2. The van der Waals surface area contributed by atoms with Crippen molar-refractivity contribution in [1.82, 2.24) is 9.78 Å². The largest absolute Gasteiger partial charge is 0.370 e. The summed E-state index contributed by atoms with van der Waals surface area (Å²) in [5, 5.41) is 8.11. The van der Waals surface area contributed by atoms with E-state index in [1.165, 1.54) is 5.69 Å². The van der Waals surface area contributed by atoms with Crippen LogP contribution in [0.15, 0.2) is 6.07 Å². The second-order valence-electron chi connectivity index (χ2n) is 4.52. The fourth-order valence-electron chi connectivity index (χ4n) is 2.44. The average Bonchev–Trinajstić information content (AvgIpc) is 2.73. The lowest BCUT2D eigenvalue weighted by Crippen LogP contribution is -2.28. The van der Waals surface area contributed by atoms with Gasteiger partial charge in [0.15, 0.2) is 0 Å². The number of fused-ring (bicyclic) bond motifs is 1. The van der Waals surface area contributed by atoms with Crippen molar-refractivity contribution in [1.29, 1.82) is 0 Å². The molecule has 1 atom stereocenters. The van der Waals surface area contributed by atoms with Crippen molar-refractivity contribution in [2.75, 3.05) is 18.4 Å². The first kappa shape index (κ1) is 11.5. The number of nitrogens with two attached hydrogens (primary N) is 1. The van der Waals surface area contributed by atoms with E-state index in [-0.39, 0.29) is 0 Å². The maximum Gasteiger partial charge on any atom is 0.124 e. The summed E-state index contributed by atoms with van der Waals surface area (Å²) >= 11 is 0. The molecule has 0 saturated carbocycles. The van der Waals surface area contributed by atoms with E-state index < -0.39 is 0 Å². The summed E-state index contributed by atoms with van der Waals surface area (Å²) in [7, 11) is 0. The Bertz CT molecular complexity index is 341. The molecule has 0 aliphatic carbocycles. The van der Waals surface area contributed by atoms with Crippen LogP contribution in [0.25, 0.3) is 0 Å². The van der Waals surface area contributed by atoms with Gasteiger partial charge in [-0.05, 0) is 19.3 Å². The topological polar surface area (TPSA) is 55.9 Å². The van der Waals surface area contributed by atoms with Gasteiger partial charge in [-0.2, -0.15) is 5.10 Å². The molecule has 1 aliphatic heterocycles. The van der Waals surface area contributed by atoms with Crippen molar-refractivity contribution in [3.63, 3.8) is 0 Å². The number of hydrogen-bond acceptors (Lipinski definition) is 3. The zero-order chi connectivity index (χ0) is 11.5. The highest BCUT2D eigenvalue weighted by atomic mass is 15.4. The van der Waals surface area contributed by atoms with Gasteiger partial charge in [0, 0.05) is 25.1 Å². The van der Waals surface area contributed by atoms with Gasteiger partial charge >= 0.3 is 0 Å². The van der Waals surface area contributed by atoms with Crippen LogP contribution in [0.1, 0.15) is 50.8 Å². The highest BCUT2D eigenvalue weighted by Gasteiger charge is 2.22. The highest BCUT2D eigenvalue weighted by molar-refractivity contribution is 5.40. The summed E-state index contributed by atoms with van der Waals surface area (Å²) in [6.45, 7) is 6.13. The Morgan fingerprint density at radius 2 is 2.31 bits per heavy atom. The Morgan fingerprint density at radius 1 is 1.56 bits per heavy atom. The summed E-state index contributed by atoms with van der Waals surface area (Å²) in [4.78, 5) is 0. The fraction of sp³-hybridized carbons (Fsp3) is 0.750. The van der Waals surface area contributed by atoms with Crippen LogP contribution in [0.2, 0.25) is 0 Å². The molecule has 0 amide bonds. The third-order valence-corrected chi connectivity index (χ3v) is 3.56. The zero-order valence-corrected chi connectivity index (χ0v) is 10.2. The summed E-state index contributed by atoms with van der Waals surface area (Å²) in [5.41, 5.74) is 7.00. The smallest absolute Gasteiger partial charge is 0.124 e. The van der Waals surface area contributed by atoms with E-state index in [4.69, 9.17) is 10.8 Å². The Hall–Kier alpha value is -1.03. The minimum absolute atomic E-state index is 0.374. The standard InChI is InChI=1S/C12H22N4/c1-3-9(4-2)11-7-12-14-6-5-10(8-13)16(12)15-11/h7,9-10,14H,3-6,8,13H2,1-2H3. The van der Waals surface area contributed by atoms with E-state index in [1.807, 2.05) is 0 Å². The van der Waals surface area contributed by atoms with E-state index in [9.17, 15) is 0 Å². The molecular weight excluding hydrogens is 200 g/mol. The third-order valence-electron chi connectivity index (χ3n) is 3.56. The lowest BCUT2D eigenvalue weighted by Gasteiger charge is -2.24. The van der Waals surface area contributed by atoms with Crippen molar-refractivity contribution in [3.8, 4) is 0 Å². The van der Waals surface area contributed by atoms with Gasteiger partial charge in [0.2, 0.25) is 0 Å². The summed E-state index contributed by atoms with van der Waals surface area (Å²) in [5.74, 6) is 1.72. The molecular formula is C12H22N4. The molecule has 1 unspecified atom stereocenters. The van der Waals surface area contributed by atoms with Crippen molar-refractivity contribution in [2.45, 2.75) is 45.1 Å².